The number of hydrogen-bond donors (Lipinski definition) is 1. The van der Waals surface area contributed by atoms with E-state index >= 15 is 0 Å². The number of aromatic nitrogens is 2. The summed E-state index contributed by atoms with van der Waals surface area (Å²) >= 11 is 0. The van der Waals surface area contributed by atoms with Gasteiger partial charge in [0, 0.05) is 10.9 Å². The molecule has 0 atom stereocenters. The molecule has 1 aliphatic heterocycles. The van der Waals surface area contributed by atoms with E-state index in [4.69, 9.17) is 9.47 Å². The molecule has 2 aromatic carbocycles. The summed E-state index contributed by atoms with van der Waals surface area (Å²) in [5.74, 6) is 1.56. The van der Waals surface area contributed by atoms with Crippen LogP contribution in [0, 0.1) is 0 Å². The Morgan fingerprint density at radius 1 is 0.944 bits per heavy atom. The third-order valence-corrected chi connectivity index (χ3v) is 3.09. The van der Waals surface area contributed by atoms with Gasteiger partial charge in [-0.2, -0.15) is 5.10 Å². The van der Waals surface area contributed by atoms with E-state index in [-0.39, 0.29) is 0 Å². The van der Waals surface area contributed by atoms with Gasteiger partial charge in [-0.05, 0) is 18.2 Å². The molecule has 0 unspecified atom stereocenters. The molecule has 2 heterocycles. The van der Waals surface area contributed by atoms with E-state index in [0.717, 1.165) is 28.0 Å². The summed E-state index contributed by atoms with van der Waals surface area (Å²) in [6.07, 6.45) is 1.39. The second kappa shape index (κ2) is 3.50. The number of benzene rings is 2. The monoisotopic (exact) mass is 238 g/mol. The van der Waals surface area contributed by atoms with Gasteiger partial charge in [0.15, 0.2) is 11.5 Å². The summed E-state index contributed by atoms with van der Waals surface area (Å²) in [6, 6.07) is 13.6. The highest BCUT2D eigenvalue weighted by Gasteiger charge is 2.26. The van der Waals surface area contributed by atoms with Crippen LogP contribution in [0.5, 0.6) is 11.5 Å². The van der Waals surface area contributed by atoms with Gasteiger partial charge in [0.1, 0.15) is 0 Å². The Morgan fingerprint density at radius 3 is 2.50 bits per heavy atom. The predicted molar refractivity (Wildman–Crippen MR) is 66.5 cm³/mol. The summed E-state index contributed by atoms with van der Waals surface area (Å²) in [6.45, 7) is 0. The van der Waals surface area contributed by atoms with E-state index < -0.39 is 6.29 Å². The fourth-order valence-electron chi connectivity index (χ4n) is 2.22. The minimum absolute atomic E-state index is 0.399. The van der Waals surface area contributed by atoms with E-state index in [1.54, 1.807) is 6.20 Å². The average Bonchev–Trinajstić information content (AvgIpc) is 3.04. The Bertz CT molecular complexity index is 695. The third kappa shape index (κ3) is 1.29. The number of fused-ring (bicyclic) bond motifs is 2. The van der Waals surface area contributed by atoms with Crippen LogP contribution in [-0.2, 0) is 0 Å². The lowest BCUT2D eigenvalue weighted by molar-refractivity contribution is 0.0501. The second-order valence-electron chi connectivity index (χ2n) is 4.19. The molecule has 3 aromatic rings. The van der Waals surface area contributed by atoms with Crippen LogP contribution in [0.15, 0.2) is 48.7 Å². The molecule has 0 saturated carbocycles. The fourth-order valence-corrected chi connectivity index (χ4v) is 2.22. The molecule has 0 radical (unpaired) electrons. The number of aromatic amines is 1. The molecular weight excluding hydrogens is 228 g/mol. The van der Waals surface area contributed by atoms with E-state index in [1.165, 1.54) is 0 Å². The first-order valence-electron chi connectivity index (χ1n) is 5.76. The summed E-state index contributed by atoms with van der Waals surface area (Å²) in [5, 5.41) is 8.01. The van der Waals surface area contributed by atoms with Crippen LogP contribution >= 0.6 is 0 Å². The maximum Gasteiger partial charge on any atom is 0.268 e. The second-order valence-corrected chi connectivity index (χ2v) is 4.19. The van der Waals surface area contributed by atoms with Crippen molar-refractivity contribution in [2.45, 2.75) is 6.29 Å². The van der Waals surface area contributed by atoms with Crippen molar-refractivity contribution in [3.05, 3.63) is 54.2 Å². The Hall–Kier alpha value is -2.49. The van der Waals surface area contributed by atoms with Crippen molar-refractivity contribution in [2.75, 3.05) is 0 Å². The molecule has 4 nitrogen and oxygen atoms in total. The molecular formula is C14H10N2O2. The Labute approximate surface area is 103 Å². The minimum atomic E-state index is -0.399. The highest BCUT2D eigenvalue weighted by atomic mass is 16.7. The normalized spacial score (nSPS) is 14.2. The van der Waals surface area contributed by atoms with Crippen LogP contribution in [0.2, 0.25) is 0 Å². The largest absolute Gasteiger partial charge is 0.447 e. The van der Waals surface area contributed by atoms with Crippen molar-refractivity contribution in [2.24, 2.45) is 0 Å². The van der Waals surface area contributed by atoms with Crippen LogP contribution in [0.1, 0.15) is 11.9 Å². The van der Waals surface area contributed by atoms with Crippen molar-refractivity contribution in [1.82, 2.24) is 10.2 Å². The molecule has 4 heteroatoms. The van der Waals surface area contributed by atoms with Crippen LogP contribution in [0.3, 0.4) is 0 Å². The fraction of sp³-hybridized carbons (Fsp3) is 0.0714. The number of hydrogen-bond acceptors (Lipinski definition) is 3. The van der Waals surface area contributed by atoms with E-state index in [1.807, 2.05) is 42.5 Å². The highest BCUT2D eigenvalue weighted by Crippen LogP contribution is 2.41. The average molecular weight is 238 g/mol. The van der Waals surface area contributed by atoms with Crippen molar-refractivity contribution in [3.8, 4) is 11.5 Å². The molecule has 18 heavy (non-hydrogen) atoms. The minimum Gasteiger partial charge on any atom is -0.447 e. The van der Waals surface area contributed by atoms with Crippen molar-refractivity contribution in [3.63, 3.8) is 0 Å². The lowest BCUT2D eigenvalue weighted by atomic mass is 10.1. The first-order valence-corrected chi connectivity index (χ1v) is 5.76. The topological polar surface area (TPSA) is 47.1 Å². The SMILES string of the molecule is c1ccc2c(c1)OC(c1cccc3[nH]ncc13)O2. The number of H-pyrrole nitrogens is 1. The number of nitrogens with one attached hydrogen (secondary N) is 1. The highest BCUT2D eigenvalue weighted by molar-refractivity contribution is 5.82. The molecule has 1 N–H and O–H groups in total. The van der Waals surface area contributed by atoms with Gasteiger partial charge in [-0.1, -0.05) is 24.3 Å². The van der Waals surface area contributed by atoms with Gasteiger partial charge in [-0.15, -0.1) is 0 Å². The molecule has 0 saturated heterocycles. The Kier molecular flexibility index (Phi) is 1.85. The number of rotatable bonds is 1. The summed E-state index contributed by atoms with van der Waals surface area (Å²) in [4.78, 5) is 0. The quantitative estimate of drug-likeness (QED) is 0.708. The van der Waals surface area contributed by atoms with Gasteiger partial charge < -0.3 is 9.47 Å². The van der Waals surface area contributed by atoms with E-state index in [0.29, 0.717) is 0 Å². The zero-order valence-electron chi connectivity index (χ0n) is 9.46. The lowest BCUT2D eigenvalue weighted by Crippen LogP contribution is -2.08. The molecule has 0 amide bonds. The number of ether oxygens (including phenoxy) is 2. The molecule has 0 bridgehead atoms. The van der Waals surface area contributed by atoms with Gasteiger partial charge >= 0.3 is 0 Å². The first-order chi connectivity index (χ1) is 8.92. The Balaban J connectivity index is 1.80. The summed E-state index contributed by atoms with van der Waals surface area (Å²) < 4.78 is 11.6. The number of para-hydroxylation sites is 2. The van der Waals surface area contributed by atoms with Gasteiger partial charge in [-0.3, -0.25) is 5.10 Å². The maximum atomic E-state index is 5.81. The maximum absolute atomic E-state index is 5.81. The molecule has 0 spiro atoms. The summed E-state index contributed by atoms with van der Waals surface area (Å²) in [5.41, 5.74) is 1.97. The molecule has 88 valence electrons. The van der Waals surface area contributed by atoms with E-state index in [2.05, 4.69) is 10.2 Å². The molecule has 0 fully saturated rings. The van der Waals surface area contributed by atoms with Crippen molar-refractivity contribution >= 4 is 10.9 Å². The zero-order valence-corrected chi connectivity index (χ0v) is 9.46. The number of nitrogens with zero attached hydrogens (tertiary/aromatic N) is 1. The van der Waals surface area contributed by atoms with Gasteiger partial charge in [-0.25, -0.2) is 0 Å². The Morgan fingerprint density at radius 2 is 1.72 bits per heavy atom. The van der Waals surface area contributed by atoms with Crippen molar-refractivity contribution < 1.29 is 9.47 Å². The zero-order chi connectivity index (χ0) is 11.9. The third-order valence-electron chi connectivity index (χ3n) is 3.09. The van der Waals surface area contributed by atoms with E-state index in [9.17, 15) is 0 Å². The molecule has 1 aromatic heterocycles. The van der Waals surface area contributed by atoms with Crippen LogP contribution < -0.4 is 9.47 Å². The summed E-state index contributed by atoms with van der Waals surface area (Å²) in [7, 11) is 0. The van der Waals surface area contributed by atoms with Crippen LogP contribution in [0.4, 0.5) is 0 Å². The smallest absolute Gasteiger partial charge is 0.268 e. The molecule has 0 aliphatic carbocycles. The first kappa shape index (κ1) is 9.53. The standard InChI is InChI=1S/C14H10N2O2/c1-2-7-13-12(6-1)17-14(18-13)9-4-3-5-11-10(9)8-15-16-11/h1-8,14H,(H,15,16). The predicted octanol–water partition coefficient (Wildman–Crippen LogP) is 3.03. The van der Waals surface area contributed by atoms with Gasteiger partial charge in [0.05, 0.1) is 11.7 Å². The van der Waals surface area contributed by atoms with Gasteiger partial charge in [0.25, 0.3) is 6.29 Å². The molecule has 1 aliphatic rings. The van der Waals surface area contributed by atoms with Crippen LogP contribution in [0.25, 0.3) is 10.9 Å². The molecule has 4 rings (SSSR count). The van der Waals surface area contributed by atoms with Gasteiger partial charge in [0.2, 0.25) is 0 Å². The van der Waals surface area contributed by atoms with Crippen molar-refractivity contribution in [1.29, 1.82) is 0 Å². The van der Waals surface area contributed by atoms with Crippen LogP contribution in [-0.4, -0.2) is 10.2 Å². The lowest BCUT2D eigenvalue weighted by Gasteiger charge is -2.11.